The van der Waals surface area contributed by atoms with Crippen molar-refractivity contribution in [3.05, 3.63) is 64.8 Å². The van der Waals surface area contributed by atoms with Gasteiger partial charge in [0.05, 0.1) is 24.3 Å². The van der Waals surface area contributed by atoms with Crippen molar-refractivity contribution in [2.24, 2.45) is 12.0 Å². The SMILES string of the molecule is CC/N=C(/NCC1=C2CCO[C@@H]2C=CC=C1F)n1cnnc1[C@H](C)c1cc(C)nn1C. The van der Waals surface area contributed by atoms with Gasteiger partial charge < -0.3 is 10.1 Å². The standard InChI is InChI=1S/C22H28FN7O/c1-5-24-22(25-12-17-16-9-10-31-20(16)8-6-7-18(17)23)30-13-26-27-21(30)15(3)19-11-14(2)28-29(19)4/h6-8,11,13,15,20H,5,9-10,12H2,1-4H3,(H,24,25)/t15-,20-/m1/s1. The summed E-state index contributed by atoms with van der Waals surface area (Å²) >= 11 is 0. The third-order valence-corrected chi connectivity index (χ3v) is 5.62. The molecule has 0 amide bonds. The van der Waals surface area contributed by atoms with Crippen molar-refractivity contribution in [2.45, 2.75) is 39.2 Å². The van der Waals surface area contributed by atoms with Crippen LogP contribution in [-0.4, -0.2) is 56.3 Å². The van der Waals surface area contributed by atoms with Gasteiger partial charge in [-0.05, 0) is 44.9 Å². The van der Waals surface area contributed by atoms with Crippen LogP contribution in [-0.2, 0) is 11.8 Å². The van der Waals surface area contributed by atoms with Crippen molar-refractivity contribution in [2.75, 3.05) is 19.7 Å². The molecular formula is C22H28FN7O. The highest BCUT2D eigenvalue weighted by Crippen LogP contribution is 2.30. The molecule has 31 heavy (non-hydrogen) atoms. The van der Waals surface area contributed by atoms with Gasteiger partial charge >= 0.3 is 0 Å². The van der Waals surface area contributed by atoms with Crippen molar-refractivity contribution in [3.8, 4) is 0 Å². The number of allylic oxidation sites excluding steroid dienone is 2. The van der Waals surface area contributed by atoms with Gasteiger partial charge in [0.2, 0.25) is 5.96 Å². The van der Waals surface area contributed by atoms with Crippen LogP contribution < -0.4 is 5.32 Å². The minimum absolute atomic E-state index is 0.0501. The fourth-order valence-electron chi connectivity index (χ4n) is 4.13. The molecule has 0 aromatic carbocycles. The number of aliphatic imine (C=N–C) groups is 1. The van der Waals surface area contributed by atoms with E-state index in [1.807, 2.05) is 42.3 Å². The second kappa shape index (κ2) is 8.97. The third kappa shape index (κ3) is 4.23. The number of nitrogens with zero attached hydrogens (tertiary/aromatic N) is 6. The smallest absolute Gasteiger partial charge is 0.205 e. The topological polar surface area (TPSA) is 82.2 Å². The lowest BCUT2D eigenvalue weighted by Crippen LogP contribution is -2.34. The van der Waals surface area contributed by atoms with E-state index in [1.165, 1.54) is 6.08 Å². The first-order chi connectivity index (χ1) is 15.0. The van der Waals surface area contributed by atoms with E-state index in [4.69, 9.17) is 4.74 Å². The summed E-state index contributed by atoms with van der Waals surface area (Å²) < 4.78 is 24.2. The Bertz CT molecular complexity index is 1080. The highest BCUT2D eigenvalue weighted by molar-refractivity contribution is 5.83. The number of halogens is 1. The average Bonchev–Trinajstić information content (AvgIpc) is 3.45. The Labute approximate surface area is 181 Å². The maximum Gasteiger partial charge on any atom is 0.205 e. The Morgan fingerprint density at radius 1 is 1.45 bits per heavy atom. The predicted octanol–water partition coefficient (Wildman–Crippen LogP) is 2.79. The molecule has 1 aliphatic heterocycles. The maximum atomic E-state index is 14.8. The number of hydrogen-bond donors (Lipinski definition) is 1. The summed E-state index contributed by atoms with van der Waals surface area (Å²) in [6.07, 6.45) is 7.30. The Morgan fingerprint density at radius 3 is 3.03 bits per heavy atom. The first-order valence-corrected chi connectivity index (χ1v) is 10.6. The summed E-state index contributed by atoms with van der Waals surface area (Å²) in [6.45, 7) is 7.45. The number of aryl methyl sites for hydroxylation is 2. The second-order valence-electron chi connectivity index (χ2n) is 7.71. The molecule has 0 spiro atoms. The van der Waals surface area contributed by atoms with Gasteiger partial charge in [0, 0.05) is 31.4 Å². The first kappa shape index (κ1) is 21.2. The van der Waals surface area contributed by atoms with E-state index in [-0.39, 0.29) is 17.8 Å². The quantitative estimate of drug-likeness (QED) is 0.588. The van der Waals surface area contributed by atoms with Gasteiger partial charge in [0.15, 0.2) is 0 Å². The molecule has 1 aliphatic carbocycles. The molecule has 2 aromatic heterocycles. The fraction of sp³-hybridized carbons (Fsp3) is 0.455. The van der Waals surface area contributed by atoms with Crippen LogP contribution in [0.3, 0.4) is 0 Å². The molecular weight excluding hydrogens is 397 g/mol. The maximum absolute atomic E-state index is 14.8. The van der Waals surface area contributed by atoms with Gasteiger partial charge in [-0.25, -0.2) is 4.39 Å². The van der Waals surface area contributed by atoms with E-state index >= 15 is 0 Å². The highest BCUT2D eigenvalue weighted by atomic mass is 19.1. The molecule has 9 heteroatoms. The number of aromatic nitrogens is 5. The summed E-state index contributed by atoms with van der Waals surface area (Å²) in [4.78, 5) is 4.60. The predicted molar refractivity (Wildman–Crippen MR) is 117 cm³/mol. The van der Waals surface area contributed by atoms with Gasteiger partial charge in [0.25, 0.3) is 0 Å². The summed E-state index contributed by atoms with van der Waals surface area (Å²) in [5, 5.41) is 16.2. The summed E-state index contributed by atoms with van der Waals surface area (Å²) in [7, 11) is 1.92. The fourth-order valence-corrected chi connectivity index (χ4v) is 4.13. The summed E-state index contributed by atoms with van der Waals surface area (Å²) in [6, 6.07) is 2.04. The first-order valence-electron chi connectivity index (χ1n) is 10.6. The molecule has 0 unspecified atom stereocenters. The van der Waals surface area contributed by atoms with Crippen molar-refractivity contribution in [3.63, 3.8) is 0 Å². The van der Waals surface area contributed by atoms with Crippen LogP contribution >= 0.6 is 0 Å². The zero-order valence-corrected chi connectivity index (χ0v) is 18.3. The van der Waals surface area contributed by atoms with Gasteiger partial charge in [-0.1, -0.05) is 12.2 Å². The van der Waals surface area contributed by atoms with Crippen molar-refractivity contribution in [1.82, 2.24) is 29.9 Å². The lowest BCUT2D eigenvalue weighted by molar-refractivity contribution is 0.156. The number of fused-ring (bicyclic) bond motifs is 1. The molecule has 2 atom stereocenters. The van der Waals surface area contributed by atoms with Gasteiger partial charge in [0.1, 0.15) is 18.0 Å². The van der Waals surface area contributed by atoms with Crippen LogP contribution in [0, 0.1) is 6.92 Å². The molecule has 2 aliphatic rings. The average molecular weight is 426 g/mol. The van der Waals surface area contributed by atoms with Crippen LogP contribution in [0.25, 0.3) is 0 Å². The van der Waals surface area contributed by atoms with E-state index < -0.39 is 0 Å². The molecule has 1 fully saturated rings. The highest BCUT2D eigenvalue weighted by Gasteiger charge is 2.27. The van der Waals surface area contributed by atoms with Gasteiger partial charge in [-0.15, -0.1) is 10.2 Å². The normalized spacial score (nSPS) is 20.0. The number of ether oxygens (including phenoxy) is 1. The molecule has 0 radical (unpaired) electrons. The minimum atomic E-state index is -0.245. The van der Waals surface area contributed by atoms with Crippen molar-refractivity contribution >= 4 is 5.96 Å². The van der Waals surface area contributed by atoms with E-state index in [2.05, 4.69) is 32.5 Å². The van der Waals surface area contributed by atoms with Gasteiger partial charge in [-0.3, -0.25) is 14.2 Å². The summed E-state index contributed by atoms with van der Waals surface area (Å²) in [5.41, 5.74) is 3.58. The number of hydrogen-bond acceptors (Lipinski definition) is 5. The van der Waals surface area contributed by atoms with E-state index in [1.54, 1.807) is 12.4 Å². The largest absolute Gasteiger partial charge is 0.369 e. The summed E-state index contributed by atoms with van der Waals surface area (Å²) in [5.74, 6) is 1.03. The molecule has 0 bridgehead atoms. The van der Waals surface area contributed by atoms with Crippen LogP contribution in [0.5, 0.6) is 0 Å². The second-order valence-corrected chi connectivity index (χ2v) is 7.71. The lowest BCUT2D eigenvalue weighted by atomic mass is 10.0. The van der Waals surface area contributed by atoms with E-state index in [0.717, 1.165) is 29.2 Å². The zero-order chi connectivity index (χ0) is 22.0. The van der Waals surface area contributed by atoms with E-state index in [9.17, 15) is 4.39 Å². The van der Waals surface area contributed by atoms with Crippen LogP contribution in [0.2, 0.25) is 0 Å². The Morgan fingerprint density at radius 2 is 2.29 bits per heavy atom. The lowest BCUT2D eigenvalue weighted by Gasteiger charge is -2.18. The zero-order valence-electron chi connectivity index (χ0n) is 18.3. The van der Waals surface area contributed by atoms with Crippen molar-refractivity contribution in [1.29, 1.82) is 0 Å². The Kier molecular flexibility index (Phi) is 6.13. The number of rotatable bonds is 5. The molecule has 1 N–H and O–H groups in total. The molecule has 0 saturated carbocycles. The number of nitrogens with one attached hydrogen (secondary N) is 1. The van der Waals surface area contributed by atoms with Crippen LogP contribution in [0.15, 0.2) is 52.6 Å². The molecule has 4 rings (SSSR count). The van der Waals surface area contributed by atoms with Crippen LogP contribution in [0.1, 0.15) is 43.4 Å². The molecule has 3 heterocycles. The van der Waals surface area contributed by atoms with Crippen LogP contribution in [0.4, 0.5) is 4.39 Å². The molecule has 8 nitrogen and oxygen atoms in total. The molecule has 1 saturated heterocycles. The van der Waals surface area contributed by atoms with Gasteiger partial charge in [-0.2, -0.15) is 5.10 Å². The Balaban J connectivity index is 1.61. The Hall–Kier alpha value is -3.07. The minimum Gasteiger partial charge on any atom is -0.369 e. The molecule has 164 valence electrons. The molecule has 2 aromatic rings. The van der Waals surface area contributed by atoms with Crippen molar-refractivity contribution < 1.29 is 9.13 Å². The monoisotopic (exact) mass is 425 g/mol. The third-order valence-electron chi connectivity index (χ3n) is 5.62. The van der Waals surface area contributed by atoms with E-state index in [0.29, 0.717) is 31.2 Å².